The van der Waals surface area contributed by atoms with E-state index in [0.29, 0.717) is 12.0 Å². The lowest BCUT2D eigenvalue weighted by molar-refractivity contribution is 0.505. The van der Waals surface area contributed by atoms with E-state index < -0.39 is 0 Å². The standard InChI is InChI=1S/C14H22N/c1-11(2)10-15-13(4)9-14-8-6-5-7-12(14)3/h5-8,11,13,15H,4,9-10H2,1-3H3. The average molecular weight is 204 g/mol. The fourth-order valence-electron chi connectivity index (χ4n) is 1.58. The van der Waals surface area contributed by atoms with Gasteiger partial charge in [-0.25, -0.2) is 0 Å². The number of nitrogens with one attached hydrogen (secondary N) is 1. The first-order valence-electron chi connectivity index (χ1n) is 5.70. The zero-order valence-corrected chi connectivity index (χ0v) is 10.1. The monoisotopic (exact) mass is 204 g/mol. The summed E-state index contributed by atoms with van der Waals surface area (Å²) in [5, 5.41) is 3.45. The molecule has 1 rings (SSSR count). The normalized spacial score (nSPS) is 13.1. The molecule has 0 bridgehead atoms. The third-order valence-corrected chi connectivity index (χ3v) is 2.54. The van der Waals surface area contributed by atoms with E-state index in [1.54, 1.807) is 0 Å². The van der Waals surface area contributed by atoms with E-state index in [4.69, 9.17) is 0 Å². The molecule has 15 heavy (non-hydrogen) atoms. The van der Waals surface area contributed by atoms with Crippen LogP contribution in [0, 0.1) is 19.8 Å². The van der Waals surface area contributed by atoms with Gasteiger partial charge in [0.1, 0.15) is 0 Å². The molecule has 1 unspecified atom stereocenters. The quantitative estimate of drug-likeness (QED) is 0.777. The van der Waals surface area contributed by atoms with Crippen LogP contribution < -0.4 is 5.32 Å². The first-order valence-corrected chi connectivity index (χ1v) is 5.70. The van der Waals surface area contributed by atoms with Crippen LogP contribution >= 0.6 is 0 Å². The molecule has 1 aromatic carbocycles. The van der Waals surface area contributed by atoms with Gasteiger partial charge in [-0.05, 0) is 43.9 Å². The van der Waals surface area contributed by atoms with Crippen LogP contribution in [0.15, 0.2) is 24.3 Å². The average Bonchev–Trinajstić information content (AvgIpc) is 2.18. The second-order valence-electron chi connectivity index (χ2n) is 4.63. The van der Waals surface area contributed by atoms with E-state index in [9.17, 15) is 0 Å². The minimum atomic E-state index is 0.313. The minimum absolute atomic E-state index is 0.313. The molecule has 0 aromatic heterocycles. The Morgan fingerprint density at radius 1 is 1.27 bits per heavy atom. The zero-order valence-electron chi connectivity index (χ0n) is 10.1. The third kappa shape index (κ3) is 4.48. The summed E-state index contributed by atoms with van der Waals surface area (Å²) < 4.78 is 0. The molecule has 1 nitrogen and oxygen atoms in total. The van der Waals surface area contributed by atoms with Gasteiger partial charge in [0.25, 0.3) is 0 Å². The molecule has 1 aromatic rings. The molecule has 0 saturated heterocycles. The molecule has 0 aliphatic carbocycles. The van der Waals surface area contributed by atoms with Crippen LogP contribution in [-0.2, 0) is 6.42 Å². The van der Waals surface area contributed by atoms with Gasteiger partial charge in [0.15, 0.2) is 0 Å². The largest absolute Gasteiger partial charge is 0.313 e. The van der Waals surface area contributed by atoms with E-state index in [2.05, 4.69) is 57.3 Å². The van der Waals surface area contributed by atoms with Crippen molar-refractivity contribution < 1.29 is 0 Å². The molecule has 0 aliphatic rings. The minimum Gasteiger partial charge on any atom is -0.313 e. The number of benzene rings is 1. The van der Waals surface area contributed by atoms with E-state index in [-0.39, 0.29) is 0 Å². The lowest BCUT2D eigenvalue weighted by Crippen LogP contribution is -2.31. The van der Waals surface area contributed by atoms with Gasteiger partial charge in [0.2, 0.25) is 0 Å². The highest BCUT2D eigenvalue weighted by Crippen LogP contribution is 2.09. The van der Waals surface area contributed by atoms with Crippen LogP contribution in [0.1, 0.15) is 25.0 Å². The summed E-state index contributed by atoms with van der Waals surface area (Å²) in [5.74, 6) is 0.686. The van der Waals surface area contributed by atoms with E-state index >= 15 is 0 Å². The van der Waals surface area contributed by atoms with E-state index in [0.717, 1.165) is 13.0 Å². The summed E-state index contributed by atoms with van der Waals surface area (Å²) in [6.45, 7) is 11.8. The molecular formula is C14H22N. The van der Waals surface area contributed by atoms with E-state index in [1.165, 1.54) is 11.1 Å². The zero-order chi connectivity index (χ0) is 11.3. The Kier molecular flexibility index (Phi) is 4.83. The molecule has 1 heteroatoms. The summed E-state index contributed by atoms with van der Waals surface area (Å²) in [7, 11) is 0. The molecule has 0 heterocycles. The fraction of sp³-hybridized carbons (Fsp3) is 0.500. The van der Waals surface area contributed by atoms with Crippen molar-refractivity contribution in [2.45, 2.75) is 33.2 Å². The van der Waals surface area contributed by atoms with Crippen LogP contribution in [-0.4, -0.2) is 12.6 Å². The van der Waals surface area contributed by atoms with Crippen LogP contribution in [0.4, 0.5) is 0 Å². The first-order chi connectivity index (χ1) is 7.09. The fourth-order valence-corrected chi connectivity index (χ4v) is 1.58. The van der Waals surface area contributed by atoms with Gasteiger partial charge >= 0.3 is 0 Å². The van der Waals surface area contributed by atoms with Gasteiger partial charge in [-0.3, -0.25) is 0 Å². The molecular weight excluding hydrogens is 182 g/mol. The van der Waals surface area contributed by atoms with Crippen LogP contribution in [0.3, 0.4) is 0 Å². The van der Waals surface area contributed by atoms with Crippen molar-refractivity contribution in [3.63, 3.8) is 0 Å². The summed E-state index contributed by atoms with van der Waals surface area (Å²) in [4.78, 5) is 0. The van der Waals surface area contributed by atoms with Gasteiger partial charge in [0, 0.05) is 6.04 Å². The maximum Gasteiger partial charge on any atom is 0.0108 e. The molecule has 83 valence electrons. The molecule has 0 spiro atoms. The van der Waals surface area contributed by atoms with Crippen molar-refractivity contribution in [2.75, 3.05) is 6.54 Å². The summed E-state index contributed by atoms with van der Waals surface area (Å²) in [5.41, 5.74) is 2.76. The topological polar surface area (TPSA) is 12.0 Å². The van der Waals surface area contributed by atoms with E-state index in [1.807, 2.05) is 0 Å². The van der Waals surface area contributed by atoms with Crippen molar-refractivity contribution in [3.8, 4) is 0 Å². The van der Waals surface area contributed by atoms with Crippen molar-refractivity contribution in [1.29, 1.82) is 0 Å². The number of hydrogen-bond donors (Lipinski definition) is 1. The molecule has 1 N–H and O–H groups in total. The molecule has 1 atom stereocenters. The lowest BCUT2D eigenvalue weighted by Gasteiger charge is -2.16. The molecule has 0 fully saturated rings. The number of hydrogen-bond acceptors (Lipinski definition) is 1. The lowest BCUT2D eigenvalue weighted by atomic mass is 10.0. The van der Waals surface area contributed by atoms with Crippen molar-refractivity contribution >= 4 is 0 Å². The smallest absolute Gasteiger partial charge is 0.0108 e. The SMILES string of the molecule is [CH2]C(Cc1ccccc1C)NCC(C)C. The number of aryl methyl sites for hydroxylation is 1. The Hall–Kier alpha value is -0.820. The summed E-state index contributed by atoms with van der Waals surface area (Å²) in [6.07, 6.45) is 1.01. The van der Waals surface area contributed by atoms with Gasteiger partial charge in [-0.15, -0.1) is 0 Å². The Morgan fingerprint density at radius 2 is 1.93 bits per heavy atom. The maximum absolute atomic E-state index is 4.14. The second-order valence-corrected chi connectivity index (χ2v) is 4.63. The summed E-state index contributed by atoms with van der Waals surface area (Å²) in [6, 6.07) is 8.83. The Morgan fingerprint density at radius 3 is 2.53 bits per heavy atom. The second kappa shape index (κ2) is 5.92. The van der Waals surface area contributed by atoms with Gasteiger partial charge in [-0.2, -0.15) is 0 Å². The van der Waals surface area contributed by atoms with Crippen molar-refractivity contribution in [1.82, 2.24) is 5.32 Å². The van der Waals surface area contributed by atoms with Gasteiger partial charge < -0.3 is 5.32 Å². The Labute approximate surface area is 93.9 Å². The highest BCUT2D eigenvalue weighted by Gasteiger charge is 2.05. The highest BCUT2D eigenvalue weighted by atomic mass is 14.9. The van der Waals surface area contributed by atoms with Gasteiger partial charge in [-0.1, -0.05) is 38.1 Å². The van der Waals surface area contributed by atoms with Crippen LogP contribution in [0.25, 0.3) is 0 Å². The van der Waals surface area contributed by atoms with Gasteiger partial charge in [0.05, 0.1) is 0 Å². The number of rotatable bonds is 5. The highest BCUT2D eigenvalue weighted by molar-refractivity contribution is 5.26. The Bertz CT molecular complexity index is 291. The van der Waals surface area contributed by atoms with Crippen molar-refractivity contribution in [2.24, 2.45) is 5.92 Å². The third-order valence-electron chi connectivity index (χ3n) is 2.54. The maximum atomic E-state index is 4.14. The predicted molar refractivity (Wildman–Crippen MR) is 66.9 cm³/mol. The first kappa shape index (κ1) is 12.3. The molecule has 0 amide bonds. The van der Waals surface area contributed by atoms with Crippen LogP contribution in [0.2, 0.25) is 0 Å². The molecule has 1 radical (unpaired) electrons. The summed E-state index contributed by atoms with van der Waals surface area (Å²) >= 11 is 0. The predicted octanol–water partition coefficient (Wildman–Crippen LogP) is 2.99. The Balaban J connectivity index is 2.44. The molecule has 0 aliphatic heterocycles. The van der Waals surface area contributed by atoms with Crippen molar-refractivity contribution in [3.05, 3.63) is 42.3 Å². The molecule has 0 saturated carbocycles. The van der Waals surface area contributed by atoms with Crippen LogP contribution in [0.5, 0.6) is 0 Å².